The van der Waals surface area contributed by atoms with E-state index in [-0.39, 0.29) is 18.1 Å². The SMILES string of the molecule is C[C@H]1CC2CC[C@]3(C)OO[C@@]24C(C1)[C@@H](C)[C@@H](OCCNCCNc1ccnc2cc(Cl)ccc12)O[C@@H]4O3. The van der Waals surface area contributed by atoms with Crippen molar-refractivity contribution in [3.8, 4) is 0 Å². The minimum Gasteiger partial charge on any atom is -0.383 e. The van der Waals surface area contributed by atoms with Crippen molar-refractivity contribution in [2.45, 2.75) is 70.4 Å². The number of nitrogens with zero attached hydrogens (tertiary/aromatic N) is 1. The monoisotopic (exact) mass is 531 g/mol. The average Bonchev–Trinajstić information content (AvgIpc) is 3.09. The molecule has 1 aromatic heterocycles. The molecule has 7 rings (SSSR count). The first kappa shape index (κ1) is 25.7. The maximum absolute atomic E-state index is 6.47. The highest BCUT2D eigenvalue weighted by molar-refractivity contribution is 6.31. The summed E-state index contributed by atoms with van der Waals surface area (Å²) in [4.78, 5) is 16.5. The number of halogens is 1. The number of nitrogens with one attached hydrogen (secondary N) is 2. The van der Waals surface area contributed by atoms with Gasteiger partial charge in [0.1, 0.15) is 0 Å². The number of pyridine rings is 1. The van der Waals surface area contributed by atoms with Crippen LogP contribution in [0.25, 0.3) is 10.9 Å². The molecule has 9 heteroatoms. The first-order chi connectivity index (χ1) is 17.9. The molecule has 0 radical (unpaired) electrons. The summed E-state index contributed by atoms with van der Waals surface area (Å²) in [6.07, 6.45) is 5.07. The number of hydrogen-bond acceptors (Lipinski definition) is 8. The van der Waals surface area contributed by atoms with Gasteiger partial charge in [0, 0.05) is 60.2 Å². The fraction of sp³-hybridized carbons (Fsp3) is 0.679. The summed E-state index contributed by atoms with van der Waals surface area (Å²) in [5.74, 6) is 0.719. The number of anilines is 1. The summed E-state index contributed by atoms with van der Waals surface area (Å²) in [6.45, 7) is 9.42. The maximum Gasteiger partial charge on any atom is 0.201 e. The van der Waals surface area contributed by atoms with Crippen molar-refractivity contribution in [2.24, 2.45) is 23.7 Å². The second-order valence-electron chi connectivity index (χ2n) is 11.5. The van der Waals surface area contributed by atoms with E-state index in [0.29, 0.717) is 23.5 Å². The summed E-state index contributed by atoms with van der Waals surface area (Å²) < 4.78 is 19.2. The molecular formula is C28H38ClN3O5. The molecule has 4 saturated heterocycles. The molecular weight excluding hydrogens is 494 g/mol. The van der Waals surface area contributed by atoms with E-state index in [9.17, 15) is 0 Å². The standard InChI is InChI=1S/C28H38ClN3O5/c1-17-14-19-6-8-27(3)35-26-28(19,37-36-27)22(15-17)18(2)25(34-26)33-13-12-30-10-11-32-23-7-9-31-24-16-20(29)4-5-21(23)24/h4-5,7,9,16-19,22,25-26,30H,6,8,10-15H2,1-3H3,(H,31,32)/t17-,18+,19?,22?,25-,26+,27-,28+/m0/s1. The van der Waals surface area contributed by atoms with Crippen LogP contribution in [0.3, 0.4) is 0 Å². The maximum atomic E-state index is 6.47. The Hall–Kier alpha value is -1.52. The molecule has 5 fully saturated rings. The highest BCUT2D eigenvalue weighted by atomic mass is 35.5. The van der Waals surface area contributed by atoms with Gasteiger partial charge in [-0.15, -0.1) is 0 Å². The zero-order chi connectivity index (χ0) is 25.6. The largest absolute Gasteiger partial charge is 0.383 e. The lowest BCUT2D eigenvalue weighted by molar-refractivity contribution is -0.576. The minimum absolute atomic E-state index is 0.186. The van der Waals surface area contributed by atoms with Crippen molar-refractivity contribution in [1.29, 1.82) is 0 Å². The topological polar surface area (TPSA) is 83.1 Å². The molecule has 2 N–H and O–H groups in total. The van der Waals surface area contributed by atoms with E-state index in [4.69, 9.17) is 35.6 Å². The van der Waals surface area contributed by atoms with Gasteiger partial charge in [-0.05, 0) is 62.3 Å². The van der Waals surface area contributed by atoms with Crippen molar-refractivity contribution in [3.63, 3.8) is 0 Å². The van der Waals surface area contributed by atoms with Crippen molar-refractivity contribution in [2.75, 3.05) is 31.6 Å². The summed E-state index contributed by atoms with van der Waals surface area (Å²) in [7, 11) is 0. The van der Waals surface area contributed by atoms with Gasteiger partial charge in [0.2, 0.25) is 5.79 Å². The van der Waals surface area contributed by atoms with Gasteiger partial charge in [0.05, 0.1) is 12.1 Å². The lowest BCUT2D eigenvalue weighted by atomic mass is 9.59. The normalized spacial score (nSPS) is 38.8. The minimum atomic E-state index is -0.757. The number of fused-ring (bicyclic) bond motifs is 3. The second kappa shape index (κ2) is 10.2. The Morgan fingerprint density at radius 2 is 2.03 bits per heavy atom. The smallest absolute Gasteiger partial charge is 0.201 e. The molecule has 0 amide bonds. The zero-order valence-corrected chi connectivity index (χ0v) is 22.6. The van der Waals surface area contributed by atoms with E-state index in [2.05, 4.69) is 29.5 Å². The van der Waals surface area contributed by atoms with Gasteiger partial charge in [-0.1, -0.05) is 25.4 Å². The van der Waals surface area contributed by atoms with E-state index in [1.165, 1.54) is 0 Å². The lowest BCUT2D eigenvalue weighted by Crippen LogP contribution is -2.70. The molecule has 1 aromatic carbocycles. The molecule has 5 aliphatic rings. The molecule has 2 bridgehead atoms. The fourth-order valence-electron chi connectivity index (χ4n) is 6.92. The van der Waals surface area contributed by atoms with E-state index in [1.807, 2.05) is 31.2 Å². The van der Waals surface area contributed by atoms with E-state index in [0.717, 1.165) is 61.9 Å². The van der Waals surface area contributed by atoms with E-state index in [1.54, 1.807) is 6.20 Å². The number of hydrogen-bond donors (Lipinski definition) is 2. The van der Waals surface area contributed by atoms with Crippen LogP contribution in [0.4, 0.5) is 5.69 Å². The van der Waals surface area contributed by atoms with Crippen LogP contribution < -0.4 is 10.6 Å². The van der Waals surface area contributed by atoms with Crippen LogP contribution in [0, 0.1) is 23.7 Å². The molecule has 202 valence electrons. The van der Waals surface area contributed by atoms with Crippen LogP contribution >= 0.6 is 11.6 Å². The van der Waals surface area contributed by atoms with Gasteiger partial charge in [-0.3, -0.25) is 4.98 Å². The molecule has 2 aromatic rings. The molecule has 8 atom stereocenters. The molecule has 1 saturated carbocycles. The molecule has 4 aliphatic heterocycles. The Morgan fingerprint density at radius 3 is 2.92 bits per heavy atom. The van der Waals surface area contributed by atoms with Crippen LogP contribution in [0.2, 0.25) is 5.02 Å². The number of ether oxygens (including phenoxy) is 3. The van der Waals surface area contributed by atoms with Gasteiger partial charge < -0.3 is 24.8 Å². The second-order valence-corrected chi connectivity index (χ2v) is 11.9. The molecule has 1 aliphatic carbocycles. The predicted octanol–water partition coefficient (Wildman–Crippen LogP) is 5.11. The molecule has 37 heavy (non-hydrogen) atoms. The third kappa shape index (κ3) is 4.75. The van der Waals surface area contributed by atoms with Crippen molar-refractivity contribution >= 4 is 28.2 Å². The predicted molar refractivity (Wildman–Crippen MR) is 141 cm³/mol. The van der Waals surface area contributed by atoms with Crippen molar-refractivity contribution in [3.05, 3.63) is 35.5 Å². The lowest BCUT2D eigenvalue weighted by Gasteiger charge is -2.59. The third-order valence-electron chi connectivity index (χ3n) is 8.80. The quantitative estimate of drug-likeness (QED) is 0.359. The fourth-order valence-corrected chi connectivity index (χ4v) is 7.09. The Balaban J connectivity index is 1.01. The summed E-state index contributed by atoms with van der Waals surface area (Å²) >= 11 is 6.10. The number of rotatable bonds is 8. The van der Waals surface area contributed by atoms with Gasteiger partial charge in [-0.2, -0.15) is 0 Å². The van der Waals surface area contributed by atoms with Crippen molar-refractivity contribution < 1.29 is 24.0 Å². The number of aromatic nitrogens is 1. The Kier molecular flexibility index (Phi) is 7.11. The van der Waals surface area contributed by atoms with Crippen LogP contribution in [0.1, 0.15) is 46.5 Å². The Bertz CT molecular complexity index is 1120. The number of benzene rings is 1. The Labute approximate surface area is 223 Å². The van der Waals surface area contributed by atoms with Crippen molar-refractivity contribution in [1.82, 2.24) is 10.3 Å². The highest BCUT2D eigenvalue weighted by Gasteiger charge is 2.69. The van der Waals surface area contributed by atoms with Crippen LogP contribution in [0.5, 0.6) is 0 Å². The van der Waals surface area contributed by atoms with Gasteiger partial charge in [-0.25, -0.2) is 9.78 Å². The summed E-state index contributed by atoms with van der Waals surface area (Å²) in [5.41, 5.74) is 1.40. The first-order valence-electron chi connectivity index (χ1n) is 13.7. The highest BCUT2D eigenvalue weighted by Crippen LogP contribution is 2.60. The molecule has 8 nitrogen and oxygen atoms in total. The zero-order valence-electron chi connectivity index (χ0n) is 21.9. The van der Waals surface area contributed by atoms with Crippen LogP contribution in [-0.4, -0.2) is 55.2 Å². The van der Waals surface area contributed by atoms with Crippen LogP contribution in [0.15, 0.2) is 30.5 Å². The summed E-state index contributed by atoms with van der Waals surface area (Å²) in [6, 6.07) is 7.76. The van der Waals surface area contributed by atoms with Gasteiger partial charge >= 0.3 is 0 Å². The van der Waals surface area contributed by atoms with Gasteiger partial charge in [0.15, 0.2) is 18.2 Å². The van der Waals surface area contributed by atoms with Crippen LogP contribution in [-0.2, 0) is 24.0 Å². The van der Waals surface area contributed by atoms with Gasteiger partial charge in [0.25, 0.3) is 0 Å². The average molecular weight is 532 g/mol. The molecule has 1 spiro atoms. The Morgan fingerprint density at radius 1 is 1.14 bits per heavy atom. The third-order valence-corrected chi connectivity index (χ3v) is 9.03. The van der Waals surface area contributed by atoms with E-state index >= 15 is 0 Å². The molecule has 5 heterocycles. The summed E-state index contributed by atoms with van der Waals surface area (Å²) in [5, 5.41) is 8.70. The molecule has 2 unspecified atom stereocenters. The first-order valence-corrected chi connectivity index (χ1v) is 14.1. The van der Waals surface area contributed by atoms with E-state index < -0.39 is 17.7 Å².